The van der Waals surface area contributed by atoms with Gasteiger partial charge in [-0.2, -0.15) is 0 Å². The fourth-order valence-corrected chi connectivity index (χ4v) is 2.53. The van der Waals surface area contributed by atoms with Gasteiger partial charge in [-0.05, 0) is 14.0 Å². The van der Waals surface area contributed by atoms with E-state index in [1.807, 2.05) is 23.8 Å². The molecule has 110 valence electrons. The van der Waals surface area contributed by atoms with Crippen LogP contribution in [0.3, 0.4) is 0 Å². The zero-order valence-electron chi connectivity index (χ0n) is 11.9. The summed E-state index contributed by atoms with van der Waals surface area (Å²) in [4.78, 5) is 16.1. The van der Waals surface area contributed by atoms with Gasteiger partial charge in [-0.15, -0.1) is 0 Å². The van der Waals surface area contributed by atoms with Crippen LogP contribution in [0.15, 0.2) is 0 Å². The smallest absolute Gasteiger partial charge is 0.236 e. The summed E-state index contributed by atoms with van der Waals surface area (Å²) in [5, 5.41) is 3.30. The maximum Gasteiger partial charge on any atom is 0.236 e. The van der Waals surface area contributed by atoms with E-state index in [-0.39, 0.29) is 18.1 Å². The predicted octanol–water partition coefficient (Wildman–Crippen LogP) is -0.846. The van der Waals surface area contributed by atoms with E-state index in [9.17, 15) is 4.79 Å². The van der Waals surface area contributed by atoms with Crippen LogP contribution in [0, 0.1) is 0 Å². The molecule has 2 aliphatic heterocycles. The fourth-order valence-electron chi connectivity index (χ4n) is 2.53. The minimum Gasteiger partial charge on any atom is -0.375 e. The van der Waals surface area contributed by atoms with Crippen molar-refractivity contribution in [1.29, 1.82) is 0 Å². The third kappa shape index (κ3) is 4.72. The summed E-state index contributed by atoms with van der Waals surface area (Å²) in [6.45, 7) is 7.85. The highest BCUT2D eigenvalue weighted by atomic mass is 16.5. The summed E-state index contributed by atoms with van der Waals surface area (Å²) in [6.07, 6.45) is 0.337. The number of ether oxygens (including phenoxy) is 2. The molecule has 2 saturated heterocycles. The Labute approximate surface area is 115 Å². The Balaban J connectivity index is 1.71. The highest BCUT2D eigenvalue weighted by Crippen LogP contribution is 2.06. The van der Waals surface area contributed by atoms with Crippen molar-refractivity contribution in [3.05, 3.63) is 0 Å². The van der Waals surface area contributed by atoms with Gasteiger partial charge in [-0.1, -0.05) is 0 Å². The lowest BCUT2D eigenvalue weighted by molar-refractivity contribution is -0.139. The van der Waals surface area contributed by atoms with Gasteiger partial charge in [0.25, 0.3) is 0 Å². The number of hydrogen-bond acceptors (Lipinski definition) is 5. The molecule has 0 aromatic rings. The maximum atomic E-state index is 12.2. The molecule has 2 fully saturated rings. The summed E-state index contributed by atoms with van der Waals surface area (Å²) < 4.78 is 11.1. The summed E-state index contributed by atoms with van der Waals surface area (Å²) in [6, 6.07) is 0. The van der Waals surface area contributed by atoms with Crippen LogP contribution in [-0.2, 0) is 14.3 Å². The van der Waals surface area contributed by atoms with Crippen molar-refractivity contribution in [1.82, 2.24) is 15.1 Å². The fraction of sp³-hybridized carbons (Fsp3) is 0.923. The first-order valence-corrected chi connectivity index (χ1v) is 7.05. The first kappa shape index (κ1) is 14.7. The normalized spacial score (nSPS) is 28.7. The van der Waals surface area contributed by atoms with E-state index in [4.69, 9.17) is 9.47 Å². The molecule has 6 nitrogen and oxygen atoms in total. The average molecular weight is 271 g/mol. The van der Waals surface area contributed by atoms with Gasteiger partial charge in [0.15, 0.2) is 0 Å². The zero-order valence-corrected chi connectivity index (χ0v) is 11.9. The Bertz CT molecular complexity index is 295. The van der Waals surface area contributed by atoms with Gasteiger partial charge in [0.2, 0.25) is 5.91 Å². The minimum absolute atomic E-state index is 0.147. The molecule has 0 spiro atoms. The van der Waals surface area contributed by atoms with E-state index < -0.39 is 0 Å². The van der Waals surface area contributed by atoms with Gasteiger partial charge in [-0.25, -0.2) is 0 Å². The molecule has 0 aromatic carbocycles. The number of hydrogen-bond donors (Lipinski definition) is 1. The number of likely N-dealkylation sites (N-methyl/N-ethyl adjacent to an activating group) is 1. The SMILES string of the molecule is CC1CN(C(=O)CN(C)CC2CNCCO2)CCO1. The second-order valence-electron chi connectivity index (χ2n) is 5.41. The van der Waals surface area contributed by atoms with Crippen molar-refractivity contribution in [2.24, 2.45) is 0 Å². The van der Waals surface area contributed by atoms with Crippen molar-refractivity contribution in [3.63, 3.8) is 0 Å². The Morgan fingerprint density at radius 1 is 1.42 bits per heavy atom. The molecule has 0 aromatic heterocycles. The first-order chi connectivity index (χ1) is 9.15. The van der Waals surface area contributed by atoms with Crippen LogP contribution in [0.5, 0.6) is 0 Å². The molecule has 2 unspecified atom stereocenters. The highest BCUT2D eigenvalue weighted by molar-refractivity contribution is 5.78. The molecule has 0 aliphatic carbocycles. The third-order valence-electron chi connectivity index (χ3n) is 3.52. The molecule has 1 N–H and O–H groups in total. The first-order valence-electron chi connectivity index (χ1n) is 7.05. The Hall–Kier alpha value is -0.690. The van der Waals surface area contributed by atoms with Gasteiger partial charge in [-0.3, -0.25) is 9.69 Å². The quantitative estimate of drug-likeness (QED) is 0.722. The molecule has 2 aliphatic rings. The van der Waals surface area contributed by atoms with Crippen LogP contribution in [0.2, 0.25) is 0 Å². The number of morpholine rings is 2. The van der Waals surface area contributed by atoms with Crippen molar-refractivity contribution >= 4 is 5.91 Å². The number of rotatable bonds is 4. The second-order valence-corrected chi connectivity index (χ2v) is 5.41. The molecular formula is C13H25N3O3. The Morgan fingerprint density at radius 3 is 2.95 bits per heavy atom. The second kappa shape index (κ2) is 7.19. The average Bonchev–Trinajstić information content (AvgIpc) is 2.39. The lowest BCUT2D eigenvalue weighted by atomic mass is 10.2. The van der Waals surface area contributed by atoms with Crippen LogP contribution in [0.25, 0.3) is 0 Å². The molecule has 2 rings (SSSR count). The van der Waals surface area contributed by atoms with E-state index in [1.54, 1.807) is 0 Å². The number of nitrogens with one attached hydrogen (secondary N) is 1. The predicted molar refractivity (Wildman–Crippen MR) is 72.1 cm³/mol. The van der Waals surface area contributed by atoms with Crippen molar-refractivity contribution in [2.45, 2.75) is 19.1 Å². The van der Waals surface area contributed by atoms with E-state index >= 15 is 0 Å². The largest absolute Gasteiger partial charge is 0.375 e. The number of carbonyl (C=O) groups excluding carboxylic acids is 1. The van der Waals surface area contributed by atoms with E-state index in [2.05, 4.69) is 5.32 Å². The summed E-state index contributed by atoms with van der Waals surface area (Å²) >= 11 is 0. The van der Waals surface area contributed by atoms with Gasteiger partial charge in [0, 0.05) is 32.7 Å². The molecular weight excluding hydrogens is 246 g/mol. The molecule has 2 heterocycles. The van der Waals surface area contributed by atoms with Crippen LogP contribution in [0.1, 0.15) is 6.92 Å². The Kier molecular flexibility index (Phi) is 5.57. The van der Waals surface area contributed by atoms with E-state index in [0.717, 1.165) is 26.2 Å². The Morgan fingerprint density at radius 2 is 2.26 bits per heavy atom. The van der Waals surface area contributed by atoms with Crippen LogP contribution >= 0.6 is 0 Å². The van der Waals surface area contributed by atoms with Crippen LogP contribution < -0.4 is 5.32 Å². The van der Waals surface area contributed by atoms with E-state index in [1.165, 1.54) is 0 Å². The van der Waals surface area contributed by atoms with Crippen LogP contribution in [0.4, 0.5) is 0 Å². The van der Waals surface area contributed by atoms with Gasteiger partial charge >= 0.3 is 0 Å². The molecule has 19 heavy (non-hydrogen) atoms. The van der Waals surface area contributed by atoms with Crippen molar-refractivity contribution in [3.8, 4) is 0 Å². The molecule has 0 bridgehead atoms. The van der Waals surface area contributed by atoms with E-state index in [0.29, 0.717) is 26.2 Å². The highest BCUT2D eigenvalue weighted by Gasteiger charge is 2.23. The number of nitrogens with zero attached hydrogens (tertiary/aromatic N) is 2. The molecule has 1 amide bonds. The van der Waals surface area contributed by atoms with Gasteiger partial charge < -0.3 is 19.7 Å². The number of amides is 1. The third-order valence-corrected chi connectivity index (χ3v) is 3.52. The minimum atomic E-state index is 0.147. The van der Waals surface area contributed by atoms with Gasteiger partial charge in [0.1, 0.15) is 0 Å². The monoisotopic (exact) mass is 271 g/mol. The summed E-state index contributed by atoms with van der Waals surface area (Å²) in [7, 11) is 1.97. The lowest BCUT2D eigenvalue weighted by Gasteiger charge is -2.33. The topological polar surface area (TPSA) is 54.0 Å². The lowest BCUT2D eigenvalue weighted by Crippen LogP contribution is -2.50. The summed E-state index contributed by atoms with van der Waals surface area (Å²) in [5.74, 6) is 0.182. The van der Waals surface area contributed by atoms with Gasteiger partial charge in [0.05, 0.1) is 32.0 Å². The molecule has 0 radical (unpaired) electrons. The summed E-state index contributed by atoms with van der Waals surface area (Å²) in [5.41, 5.74) is 0. The van der Waals surface area contributed by atoms with Crippen molar-refractivity contribution in [2.75, 3.05) is 59.5 Å². The molecule has 2 atom stereocenters. The maximum absolute atomic E-state index is 12.2. The molecule has 0 saturated carbocycles. The zero-order chi connectivity index (χ0) is 13.7. The standard InChI is InChI=1S/C13H25N3O3/c1-11-8-16(4-6-18-11)13(17)10-15(2)9-12-7-14-3-5-19-12/h11-12,14H,3-10H2,1-2H3. The number of carbonyl (C=O) groups is 1. The van der Waals surface area contributed by atoms with Crippen LogP contribution in [-0.4, -0.2) is 87.4 Å². The van der Waals surface area contributed by atoms with Crippen molar-refractivity contribution < 1.29 is 14.3 Å². The molecule has 6 heteroatoms.